The smallest absolute Gasteiger partial charge is 0.316 e. The van der Waals surface area contributed by atoms with Crippen molar-refractivity contribution < 1.29 is 14.3 Å². The number of hydrogen-bond acceptors (Lipinski definition) is 3. The van der Waals surface area contributed by atoms with Gasteiger partial charge in [-0.15, -0.1) is 11.6 Å². The van der Waals surface area contributed by atoms with E-state index >= 15 is 0 Å². The molecular weight excluding hydrogens is 156 g/mol. The molecule has 0 aromatic carbocycles. The summed E-state index contributed by atoms with van der Waals surface area (Å²) in [7, 11) is 0. The summed E-state index contributed by atoms with van der Waals surface area (Å²) in [5, 5.41) is 0. The Labute approximate surface area is 63.3 Å². The van der Waals surface area contributed by atoms with Gasteiger partial charge in [0, 0.05) is 6.42 Å². The highest BCUT2D eigenvalue weighted by Crippen LogP contribution is 2.15. The van der Waals surface area contributed by atoms with Crippen molar-refractivity contribution >= 4 is 23.4 Å². The number of alkyl halides is 1. The van der Waals surface area contributed by atoms with E-state index in [9.17, 15) is 9.59 Å². The van der Waals surface area contributed by atoms with Gasteiger partial charge in [0.15, 0.2) is 5.78 Å². The SMILES string of the molecule is O=C(CCl)[C@H]1CCOC1=O. The van der Waals surface area contributed by atoms with Crippen LogP contribution >= 0.6 is 11.6 Å². The molecule has 0 radical (unpaired) electrons. The van der Waals surface area contributed by atoms with Crippen LogP contribution in [0.5, 0.6) is 0 Å². The molecule has 1 rings (SSSR count). The maximum absolute atomic E-state index is 10.8. The monoisotopic (exact) mass is 162 g/mol. The number of hydrogen-bond donors (Lipinski definition) is 0. The van der Waals surface area contributed by atoms with E-state index in [0.29, 0.717) is 13.0 Å². The van der Waals surface area contributed by atoms with Gasteiger partial charge in [-0.1, -0.05) is 0 Å². The van der Waals surface area contributed by atoms with E-state index in [1.807, 2.05) is 0 Å². The van der Waals surface area contributed by atoms with Crippen LogP contribution < -0.4 is 0 Å². The molecule has 1 aliphatic heterocycles. The van der Waals surface area contributed by atoms with E-state index in [1.165, 1.54) is 0 Å². The lowest BCUT2D eigenvalue weighted by Crippen LogP contribution is -2.20. The second-order valence-corrected chi connectivity index (χ2v) is 2.38. The standard InChI is InChI=1S/C6H7ClO3/c7-3-5(8)4-1-2-10-6(4)9/h4H,1-3H2/t4-/m1/s1. The zero-order chi connectivity index (χ0) is 7.56. The third-order valence-electron chi connectivity index (χ3n) is 1.46. The zero-order valence-electron chi connectivity index (χ0n) is 5.30. The second-order valence-electron chi connectivity index (χ2n) is 2.11. The molecule has 0 saturated carbocycles. The van der Waals surface area contributed by atoms with Crippen LogP contribution in [0.2, 0.25) is 0 Å². The molecule has 4 heteroatoms. The van der Waals surface area contributed by atoms with Gasteiger partial charge in [0.1, 0.15) is 5.92 Å². The van der Waals surface area contributed by atoms with Gasteiger partial charge in [0.05, 0.1) is 12.5 Å². The number of cyclic esters (lactones) is 1. The van der Waals surface area contributed by atoms with Crippen LogP contribution in [0.3, 0.4) is 0 Å². The Hall–Kier alpha value is -0.570. The first-order valence-electron chi connectivity index (χ1n) is 3.01. The predicted octanol–water partition coefficient (Wildman–Crippen LogP) is 0.357. The maximum Gasteiger partial charge on any atom is 0.316 e. The van der Waals surface area contributed by atoms with Crippen molar-refractivity contribution in [2.24, 2.45) is 5.92 Å². The van der Waals surface area contributed by atoms with E-state index in [-0.39, 0.29) is 11.7 Å². The lowest BCUT2D eigenvalue weighted by Gasteiger charge is -1.98. The summed E-state index contributed by atoms with van der Waals surface area (Å²) in [4.78, 5) is 21.5. The number of ether oxygens (including phenoxy) is 1. The Morgan fingerprint density at radius 2 is 2.50 bits per heavy atom. The molecule has 0 amide bonds. The molecule has 0 bridgehead atoms. The van der Waals surface area contributed by atoms with Gasteiger partial charge in [-0.05, 0) is 0 Å². The Morgan fingerprint density at radius 1 is 1.80 bits per heavy atom. The van der Waals surface area contributed by atoms with Crippen molar-refractivity contribution in [3.63, 3.8) is 0 Å². The molecule has 0 spiro atoms. The van der Waals surface area contributed by atoms with E-state index < -0.39 is 11.9 Å². The van der Waals surface area contributed by atoms with Crippen molar-refractivity contribution in [3.8, 4) is 0 Å². The number of carbonyl (C=O) groups is 2. The molecular formula is C6H7ClO3. The fourth-order valence-electron chi connectivity index (χ4n) is 0.881. The first-order chi connectivity index (χ1) is 4.75. The van der Waals surface area contributed by atoms with Crippen molar-refractivity contribution in [2.45, 2.75) is 6.42 Å². The molecule has 1 aliphatic rings. The number of rotatable bonds is 2. The number of ketones is 1. The van der Waals surface area contributed by atoms with Crippen LogP contribution in [0.1, 0.15) is 6.42 Å². The molecule has 1 saturated heterocycles. The molecule has 3 nitrogen and oxygen atoms in total. The molecule has 1 fully saturated rings. The first kappa shape index (κ1) is 7.54. The summed E-state index contributed by atoms with van der Waals surface area (Å²) < 4.78 is 4.57. The van der Waals surface area contributed by atoms with Gasteiger partial charge in [-0.25, -0.2) is 0 Å². The highest BCUT2D eigenvalue weighted by Gasteiger charge is 2.31. The number of halogens is 1. The molecule has 56 valence electrons. The van der Waals surface area contributed by atoms with E-state index in [0.717, 1.165) is 0 Å². The second kappa shape index (κ2) is 3.01. The molecule has 0 aromatic rings. The highest BCUT2D eigenvalue weighted by molar-refractivity contribution is 6.29. The fourth-order valence-corrected chi connectivity index (χ4v) is 1.07. The minimum atomic E-state index is -0.586. The van der Waals surface area contributed by atoms with Crippen molar-refractivity contribution in [2.75, 3.05) is 12.5 Å². The van der Waals surface area contributed by atoms with Crippen LogP contribution in [0.25, 0.3) is 0 Å². The minimum Gasteiger partial charge on any atom is -0.465 e. The summed E-state index contributed by atoms with van der Waals surface area (Å²) in [6, 6.07) is 0. The maximum atomic E-state index is 10.8. The van der Waals surface area contributed by atoms with Crippen molar-refractivity contribution in [1.82, 2.24) is 0 Å². The third kappa shape index (κ3) is 1.29. The molecule has 0 aliphatic carbocycles. The molecule has 0 aromatic heterocycles. The summed E-state index contributed by atoms with van der Waals surface area (Å²) in [6.07, 6.45) is 0.490. The van der Waals surface area contributed by atoms with E-state index in [4.69, 9.17) is 11.6 Å². The minimum absolute atomic E-state index is 0.0975. The third-order valence-corrected chi connectivity index (χ3v) is 1.72. The van der Waals surface area contributed by atoms with Crippen LogP contribution in [0, 0.1) is 5.92 Å². The summed E-state index contributed by atoms with van der Waals surface area (Å²) in [6.45, 7) is 0.353. The topological polar surface area (TPSA) is 43.4 Å². The molecule has 1 heterocycles. The van der Waals surface area contributed by atoms with E-state index in [1.54, 1.807) is 0 Å². The molecule has 0 N–H and O–H groups in total. The Balaban J connectivity index is 2.55. The van der Waals surface area contributed by atoms with Gasteiger partial charge in [0.2, 0.25) is 0 Å². The molecule has 10 heavy (non-hydrogen) atoms. The Kier molecular flexibility index (Phi) is 2.27. The van der Waals surface area contributed by atoms with Gasteiger partial charge >= 0.3 is 5.97 Å². The van der Waals surface area contributed by atoms with Gasteiger partial charge in [-0.2, -0.15) is 0 Å². The lowest BCUT2D eigenvalue weighted by molar-refractivity contribution is -0.144. The number of esters is 1. The van der Waals surface area contributed by atoms with Crippen molar-refractivity contribution in [3.05, 3.63) is 0 Å². The summed E-state index contributed by atoms with van der Waals surface area (Å²) in [5.41, 5.74) is 0. The van der Waals surface area contributed by atoms with Crippen LogP contribution in [-0.4, -0.2) is 24.2 Å². The van der Waals surface area contributed by atoms with Gasteiger partial charge in [-0.3, -0.25) is 9.59 Å². The quantitative estimate of drug-likeness (QED) is 0.335. The average molecular weight is 163 g/mol. The highest BCUT2D eigenvalue weighted by atomic mass is 35.5. The van der Waals surface area contributed by atoms with Crippen LogP contribution in [-0.2, 0) is 14.3 Å². The zero-order valence-corrected chi connectivity index (χ0v) is 6.06. The summed E-state index contributed by atoms with van der Waals surface area (Å²) in [5.74, 6) is -1.34. The normalized spacial score (nSPS) is 24.5. The van der Waals surface area contributed by atoms with Gasteiger partial charge < -0.3 is 4.74 Å². The molecule has 1 atom stereocenters. The van der Waals surface area contributed by atoms with Crippen LogP contribution in [0.4, 0.5) is 0 Å². The van der Waals surface area contributed by atoms with Crippen molar-refractivity contribution in [1.29, 1.82) is 0 Å². The van der Waals surface area contributed by atoms with Crippen LogP contribution in [0.15, 0.2) is 0 Å². The van der Waals surface area contributed by atoms with E-state index in [2.05, 4.69) is 4.74 Å². The summed E-state index contributed by atoms with van der Waals surface area (Å²) >= 11 is 5.24. The average Bonchev–Trinajstić information content (AvgIpc) is 2.34. The Morgan fingerprint density at radius 3 is 2.90 bits per heavy atom. The molecule has 0 unspecified atom stereocenters. The van der Waals surface area contributed by atoms with Gasteiger partial charge in [0.25, 0.3) is 0 Å². The number of Topliss-reactive ketones (excluding diaryl/α,β-unsaturated/α-hetero) is 1. The Bertz CT molecular complexity index is 166. The number of carbonyl (C=O) groups excluding carboxylic acids is 2. The lowest BCUT2D eigenvalue weighted by atomic mass is 10.0. The fraction of sp³-hybridized carbons (Fsp3) is 0.667. The predicted molar refractivity (Wildman–Crippen MR) is 34.8 cm³/mol. The first-order valence-corrected chi connectivity index (χ1v) is 3.54. The largest absolute Gasteiger partial charge is 0.465 e.